The van der Waals surface area contributed by atoms with Crippen molar-refractivity contribution in [3.05, 3.63) is 67.4 Å². The van der Waals surface area contributed by atoms with Crippen molar-refractivity contribution in [1.29, 1.82) is 0 Å². The Kier molecular flexibility index (Phi) is 5.47. The lowest BCUT2D eigenvalue weighted by Crippen LogP contribution is -2.49. The van der Waals surface area contributed by atoms with Crippen LogP contribution in [0.15, 0.2) is 38.3 Å². The third-order valence-electron chi connectivity index (χ3n) is 8.32. The van der Waals surface area contributed by atoms with E-state index in [1.165, 1.54) is 0 Å². The van der Waals surface area contributed by atoms with Gasteiger partial charge in [-0.25, -0.2) is 4.79 Å². The molecule has 1 saturated heterocycles. The van der Waals surface area contributed by atoms with Crippen molar-refractivity contribution in [2.45, 2.75) is 64.5 Å². The predicted molar refractivity (Wildman–Crippen MR) is 139 cm³/mol. The number of pyridine rings is 1. The first-order chi connectivity index (χ1) is 17.6. The highest BCUT2D eigenvalue weighted by Gasteiger charge is 2.37. The van der Waals surface area contributed by atoms with E-state index in [1.807, 2.05) is 42.4 Å². The second-order valence-corrected chi connectivity index (χ2v) is 11.3. The fourth-order valence-corrected chi connectivity index (χ4v) is 6.41. The molecule has 194 valence electrons. The van der Waals surface area contributed by atoms with Crippen LogP contribution in [0.4, 0.5) is 0 Å². The molecule has 0 unspecified atom stereocenters. The topological polar surface area (TPSA) is 91.0 Å². The number of methoxy groups -OCH3 is 1. The molecule has 2 atom stereocenters. The minimum atomic E-state index is -0.493. The molecule has 3 aromatic rings. The smallest absolute Gasteiger partial charge is 0.340 e. The van der Waals surface area contributed by atoms with Gasteiger partial charge < -0.3 is 23.4 Å². The molecule has 3 aliphatic rings. The zero-order valence-electron chi connectivity index (χ0n) is 21.8. The number of nitrogens with zero attached hydrogens (tertiary/aromatic N) is 2. The van der Waals surface area contributed by atoms with Crippen LogP contribution in [0.25, 0.3) is 11.0 Å². The largest absolute Gasteiger partial charge is 0.496 e. The fraction of sp³-hybridized carbons (Fsp3) is 0.483. The zero-order valence-corrected chi connectivity index (χ0v) is 21.8. The molecular formula is C29H32N2O6. The molecule has 5 heterocycles. The standard InChI is InChI=1S/C29H32N2O6/c1-16-20(11-25(33)30-13-17-10-18(15-30)21-6-5-7-24(32)31(21)14-17)28(34)36-27-19-8-9-29(2,3)37-22(19)12-23(35-4)26(16)27/h5-7,12,17-18H,8-11,13-15H2,1-4H3/t17-,18+/m1/s1. The second-order valence-electron chi connectivity index (χ2n) is 11.3. The molecule has 1 fully saturated rings. The van der Waals surface area contributed by atoms with Crippen LogP contribution in [0.5, 0.6) is 11.5 Å². The highest BCUT2D eigenvalue weighted by Crippen LogP contribution is 2.43. The zero-order chi connectivity index (χ0) is 26.1. The number of carbonyl (C=O) groups is 1. The average molecular weight is 505 g/mol. The van der Waals surface area contributed by atoms with Gasteiger partial charge in [-0.2, -0.15) is 0 Å². The molecule has 0 aliphatic carbocycles. The minimum Gasteiger partial charge on any atom is -0.496 e. The van der Waals surface area contributed by atoms with Crippen molar-refractivity contribution in [3.63, 3.8) is 0 Å². The summed E-state index contributed by atoms with van der Waals surface area (Å²) >= 11 is 0. The molecular weight excluding hydrogens is 472 g/mol. The predicted octanol–water partition coefficient (Wildman–Crippen LogP) is 3.56. The van der Waals surface area contributed by atoms with Gasteiger partial charge >= 0.3 is 5.63 Å². The van der Waals surface area contributed by atoms with Crippen molar-refractivity contribution in [3.8, 4) is 11.5 Å². The van der Waals surface area contributed by atoms with Crippen LogP contribution in [-0.4, -0.2) is 41.2 Å². The summed E-state index contributed by atoms with van der Waals surface area (Å²) in [5.41, 5.74) is 2.62. The molecule has 1 amide bonds. The van der Waals surface area contributed by atoms with Crippen LogP contribution in [-0.2, 0) is 24.2 Å². The number of benzene rings is 1. The summed E-state index contributed by atoms with van der Waals surface area (Å²) in [5.74, 6) is 1.48. The molecule has 2 bridgehead atoms. The van der Waals surface area contributed by atoms with Crippen LogP contribution < -0.4 is 20.7 Å². The third-order valence-corrected chi connectivity index (χ3v) is 8.32. The monoisotopic (exact) mass is 504 g/mol. The van der Waals surface area contributed by atoms with Gasteiger partial charge in [0.1, 0.15) is 22.7 Å². The number of amides is 1. The highest BCUT2D eigenvalue weighted by molar-refractivity contribution is 5.93. The van der Waals surface area contributed by atoms with Crippen LogP contribution >= 0.6 is 0 Å². The first-order valence-electron chi connectivity index (χ1n) is 13.0. The van der Waals surface area contributed by atoms with E-state index < -0.39 is 5.63 Å². The Balaban J connectivity index is 1.33. The van der Waals surface area contributed by atoms with Crippen molar-refractivity contribution in [1.82, 2.24) is 9.47 Å². The molecule has 0 radical (unpaired) electrons. The quantitative estimate of drug-likeness (QED) is 0.507. The average Bonchev–Trinajstić information content (AvgIpc) is 2.85. The number of aromatic nitrogens is 1. The number of carbonyl (C=O) groups excluding carboxylic acids is 1. The number of likely N-dealkylation sites (tertiary alicyclic amines) is 1. The van der Waals surface area contributed by atoms with E-state index >= 15 is 0 Å². The van der Waals surface area contributed by atoms with Gasteiger partial charge in [0.25, 0.3) is 5.56 Å². The van der Waals surface area contributed by atoms with Crippen molar-refractivity contribution < 1.29 is 18.7 Å². The van der Waals surface area contributed by atoms with Gasteiger partial charge in [0, 0.05) is 48.9 Å². The molecule has 0 saturated carbocycles. The van der Waals surface area contributed by atoms with Crippen molar-refractivity contribution >= 4 is 16.9 Å². The van der Waals surface area contributed by atoms with E-state index in [2.05, 4.69) is 0 Å². The molecule has 0 spiro atoms. The van der Waals surface area contributed by atoms with E-state index in [4.69, 9.17) is 13.9 Å². The van der Waals surface area contributed by atoms with E-state index in [0.29, 0.717) is 47.8 Å². The van der Waals surface area contributed by atoms with Crippen molar-refractivity contribution in [2.24, 2.45) is 5.92 Å². The van der Waals surface area contributed by atoms with Crippen molar-refractivity contribution in [2.75, 3.05) is 20.2 Å². The number of hydrogen-bond acceptors (Lipinski definition) is 6. The lowest BCUT2D eigenvalue weighted by atomic mass is 9.83. The van der Waals surface area contributed by atoms with Crippen LogP contribution in [0.3, 0.4) is 0 Å². The Morgan fingerprint density at radius 3 is 2.78 bits per heavy atom. The number of rotatable bonds is 3. The minimum absolute atomic E-state index is 0.0153. The fourth-order valence-electron chi connectivity index (χ4n) is 6.41. The van der Waals surface area contributed by atoms with Crippen LogP contribution in [0.2, 0.25) is 0 Å². The lowest BCUT2D eigenvalue weighted by molar-refractivity contribution is -0.133. The Morgan fingerprint density at radius 1 is 1.19 bits per heavy atom. The summed E-state index contributed by atoms with van der Waals surface area (Å²) in [5, 5.41) is 0.718. The Labute approximate surface area is 214 Å². The molecule has 1 aromatic carbocycles. The van der Waals surface area contributed by atoms with Crippen LogP contribution in [0, 0.1) is 12.8 Å². The SMILES string of the molecule is COc1cc2c(c3oc(=O)c(CC(=O)N4C[C@H]5C[C@@H](C4)c4cccc(=O)n4C5)c(C)c13)CCC(C)(C)O2. The summed E-state index contributed by atoms with van der Waals surface area (Å²) in [6.07, 6.45) is 2.46. The van der Waals surface area contributed by atoms with E-state index in [9.17, 15) is 14.4 Å². The number of ether oxygens (including phenoxy) is 2. The Morgan fingerprint density at radius 2 is 2.00 bits per heavy atom. The summed E-state index contributed by atoms with van der Waals surface area (Å²) < 4.78 is 19.6. The molecule has 37 heavy (non-hydrogen) atoms. The van der Waals surface area contributed by atoms with E-state index in [0.717, 1.165) is 35.9 Å². The lowest BCUT2D eigenvalue weighted by Gasteiger charge is -2.42. The van der Waals surface area contributed by atoms with Gasteiger partial charge in [0.15, 0.2) is 0 Å². The number of aryl methyl sites for hydroxylation is 2. The van der Waals surface area contributed by atoms with Gasteiger partial charge in [-0.1, -0.05) is 6.07 Å². The number of fused-ring (bicyclic) bond motifs is 7. The second kappa shape index (κ2) is 8.50. The van der Waals surface area contributed by atoms with Gasteiger partial charge in [0.2, 0.25) is 5.91 Å². The van der Waals surface area contributed by atoms with Gasteiger partial charge in [-0.3, -0.25) is 9.59 Å². The summed E-state index contributed by atoms with van der Waals surface area (Å²) in [6, 6.07) is 7.23. The normalized spacial score (nSPS) is 21.7. The number of hydrogen-bond donors (Lipinski definition) is 0. The van der Waals surface area contributed by atoms with E-state index in [-0.39, 0.29) is 35.3 Å². The molecule has 0 N–H and O–H groups in total. The maximum atomic E-state index is 13.5. The number of piperidine rings is 1. The Hall–Kier alpha value is -3.55. The summed E-state index contributed by atoms with van der Waals surface area (Å²) in [6.45, 7) is 7.67. The maximum Gasteiger partial charge on any atom is 0.340 e. The molecule has 8 nitrogen and oxygen atoms in total. The molecule has 8 heteroatoms. The summed E-state index contributed by atoms with van der Waals surface area (Å²) in [4.78, 5) is 40.9. The molecule has 6 rings (SSSR count). The van der Waals surface area contributed by atoms with Crippen LogP contribution in [0.1, 0.15) is 55.0 Å². The highest BCUT2D eigenvalue weighted by atomic mass is 16.5. The molecule has 3 aliphatic heterocycles. The van der Waals surface area contributed by atoms with Gasteiger partial charge in [-0.05, 0) is 57.6 Å². The first-order valence-corrected chi connectivity index (χ1v) is 13.0. The van der Waals surface area contributed by atoms with E-state index in [1.54, 1.807) is 19.2 Å². The maximum absolute atomic E-state index is 13.5. The first kappa shape index (κ1) is 23.8. The Bertz CT molecular complexity index is 1550. The van der Waals surface area contributed by atoms with Gasteiger partial charge in [0.05, 0.1) is 24.5 Å². The third kappa shape index (κ3) is 3.93. The molecule has 2 aromatic heterocycles. The van der Waals surface area contributed by atoms with Gasteiger partial charge in [-0.15, -0.1) is 0 Å². The summed E-state index contributed by atoms with van der Waals surface area (Å²) in [7, 11) is 1.58.